The highest BCUT2D eigenvalue weighted by Crippen LogP contribution is 2.27. The summed E-state index contributed by atoms with van der Waals surface area (Å²) in [6.45, 7) is 6.68. The smallest absolute Gasteiger partial charge is 0.152 e. The van der Waals surface area contributed by atoms with Crippen molar-refractivity contribution < 1.29 is 4.74 Å². The molecule has 5 nitrogen and oxygen atoms in total. The summed E-state index contributed by atoms with van der Waals surface area (Å²) in [5, 5.41) is 1.09. The van der Waals surface area contributed by atoms with Gasteiger partial charge in [-0.15, -0.1) is 0 Å². The summed E-state index contributed by atoms with van der Waals surface area (Å²) in [6, 6.07) is 18.1. The second-order valence-electron chi connectivity index (χ2n) is 5.85. The molecule has 0 unspecified atom stereocenters. The van der Waals surface area contributed by atoms with E-state index in [0.717, 1.165) is 27.8 Å². The fourth-order valence-electron chi connectivity index (χ4n) is 2.79. The van der Waals surface area contributed by atoms with Gasteiger partial charge in [-0.25, -0.2) is 9.97 Å². The van der Waals surface area contributed by atoms with Gasteiger partial charge in [-0.2, -0.15) is 0 Å². The highest BCUT2D eigenvalue weighted by atomic mass is 16.5. The Hall–Kier alpha value is -2.92. The predicted molar refractivity (Wildman–Crippen MR) is 114 cm³/mol. The third kappa shape index (κ3) is 4.63. The van der Waals surface area contributed by atoms with Gasteiger partial charge in [0.05, 0.1) is 17.6 Å². The lowest BCUT2D eigenvalue weighted by Crippen LogP contribution is -1.95. The van der Waals surface area contributed by atoms with E-state index in [4.69, 9.17) is 10.5 Å². The lowest BCUT2D eigenvalue weighted by molar-refractivity contribution is 0.185. The van der Waals surface area contributed by atoms with Gasteiger partial charge in [0.25, 0.3) is 0 Å². The molecule has 2 aromatic heterocycles. The van der Waals surface area contributed by atoms with Gasteiger partial charge >= 0.3 is 0 Å². The van der Waals surface area contributed by atoms with Gasteiger partial charge in [-0.1, -0.05) is 62.4 Å². The van der Waals surface area contributed by atoms with Crippen molar-refractivity contribution in [3.8, 4) is 0 Å². The van der Waals surface area contributed by atoms with Gasteiger partial charge in [0.1, 0.15) is 11.3 Å². The number of nitrogens with two attached hydrogens (primary N) is 1. The first kappa shape index (κ1) is 20.4. The summed E-state index contributed by atoms with van der Waals surface area (Å²) in [7, 11) is 3.70. The number of nitrogen functional groups attached to an aromatic ring is 1. The number of methoxy groups -OCH3 is 1. The molecule has 4 rings (SSSR count). The molecule has 0 saturated heterocycles. The van der Waals surface area contributed by atoms with Gasteiger partial charge in [0.15, 0.2) is 5.82 Å². The third-order valence-corrected chi connectivity index (χ3v) is 4.12. The number of aromatic nitrogens is 3. The van der Waals surface area contributed by atoms with Gasteiger partial charge in [0, 0.05) is 19.5 Å². The minimum Gasteiger partial charge on any atom is -0.382 e. The number of para-hydroxylation sites is 1. The van der Waals surface area contributed by atoms with Crippen molar-refractivity contribution in [1.29, 1.82) is 0 Å². The normalized spacial score (nSPS) is 10.1. The van der Waals surface area contributed by atoms with E-state index in [1.807, 2.05) is 82.4 Å². The molecule has 0 atom stereocenters. The summed E-state index contributed by atoms with van der Waals surface area (Å²) in [6.07, 6.45) is 0. The van der Waals surface area contributed by atoms with Crippen LogP contribution in [0.3, 0.4) is 0 Å². The molecular formula is C22H28N4O. The van der Waals surface area contributed by atoms with E-state index in [2.05, 4.69) is 14.5 Å². The highest BCUT2D eigenvalue weighted by molar-refractivity contribution is 6.06. The van der Waals surface area contributed by atoms with Gasteiger partial charge < -0.3 is 15.0 Å². The van der Waals surface area contributed by atoms with Crippen molar-refractivity contribution in [2.24, 2.45) is 7.05 Å². The summed E-state index contributed by atoms with van der Waals surface area (Å²) < 4.78 is 6.98. The van der Waals surface area contributed by atoms with Crippen LogP contribution in [-0.2, 0) is 18.4 Å². The molecule has 5 heteroatoms. The van der Waals surface area contributed by atoms with E-state index < -0.39 is 0 Å². The zero-order valence-corrected chi connectivity index (χ0v) is 16.7. The minimum atomic E-state index is 0.498. The van der Waals surface area contributed by atoms with Crippen molar-refractivity contribution >= 4 is 27.8 Å². The Labute approximate surface area is 160 Å². The van der Waals surface area contributed by atoms with Crippen molar-refractivity contribution in [1.82, 2.24) is 14.5 Å². The van der Waals surface area contributed by atoms with E-state index in [0.29, 0.717) is 12.4 Å². The van der Waals surface area contributed by atoms with Crippen LogP contribution in [0.4, 0.5) is 5.82 Å². The fourth-order valence-corrected chi connectivity index (χ4v) is 2.79. The molecule has 0 aliphatic heterocycles. The van der Waals surface area contributed by atoms with E-state index in [1.54, 1.807) is 7.11 Å². The van der Waals surface area contributed by atoms with Crippen LogP contribution in [0.2, 0.25) is 0 Å². The van der Waals surface area contributed by atoms with Crippen LogP contribution in [-0.4, -0.2) is 21.6 Å². The first-order chi connectivity index (χ1) is 13.1. The minimum absolute atomic E-state index is 0.498. The Bertz CT molecular complexity index is 993. The number of benzene rings is 2. The number of ether oxygens (including phenoxy) is 1. The molecule has 142 valence electrons. The van der Waals surface area contributed by atoms with Gasteiger partial charge in [0.2, 0.25) is 0 Å². The number of fused-ring (bicyclic) bond motifs is 3. The quantitative estimate of drug-likeness (QED) is 0.551. The molecule has 27 heavy (non-hydrogen) atoms. The molecule has 0 aliphatic carbocycles. The maximum atomic E-state index is 5.92. The average molecular weight is 364 g/mol. The molecule has 0 spiro atoms. The van der Waals surface area contributed by atoms with Crippen LogP contribution in [0.1, 0.15) is 25.2 Å². The zero-order chi connectivity index (χ0) is 19.8. The summed E-state index contributed by atoms with van der Waals surface area (Å²) in [4.78, 5) is 8.80. The molecule has 2 heterocycles. The van der Waals surface area contributed by atoms with Crippen LogP contribution in [0.15, 0.2) is 54.6 Å². The Morgan fingerprint density at radius 2 is 1.59 bits per heavy atom. The van der Waals surface area contributed by atoms with Gasteiger partial charge in [-0.05, 0) is 18.6 Å². The number of hydrogen-bond acceptors (Lipinski definition) is 4. The SMILES string of the molecule is CC.COCc1ccccc1.Cc1nc2c(N)nc3ccccc3c2n1C. The number of anilines is 1. The Kier molecular flexibility index (Phi) is 7.32. The van der Waals surface area contributed by atoms with Crippen molar-refractivity contribution in [3.63, 3.8) is 0 Å². The largest absolute Gasteiger partial charge is 0.382 e. The monoisotopic (exact) mass is 364 g/mol. The number of rotatable bonds is 2. The molecule has 0 bridgehead atoms. The topological polar surface area (TPSA) is 66.0 Å². The molecule has 0 radical (unpaired) electrons. The molecule has 0 saturated carbocycles. The Morgan fingerprint density at radius 1 is 0.963 bits per heavy atom. The van der Waals surface area contributed by atoms with Crippen molar-refractivity contribution in [3.05, 3.63) is 66.0 Å². The first-order valence-corrected chi connectivity index (χ1v) is 9.12. The second kappa shape index (κ2) is 9.69. The summed E-state index contributed by atoms with van der Waals surface area (Å²) in [5.41, 5.74) is 9.90. The van der Waals surface area contributed by atoms with Crippen LogP contribution in [0.5, 0.6) is 0 Å². The number of pyridine rings is 1. The standard InChI is InChI=1S/C12H12N4.C8H10O.C2H6/c1-7-14-10-11(16(7)2)8-5-3-4-6-9(8)15-12(10)13;1-9-7-8-5-3-2-4-6-8;1-2/h3-6H,1-2H3,(H2,13,15);2-6H,7H2,1H3;1-2H3. The summed E-state index contributed by atoms with van der Waals surface area (Å²) >= 11 is 0. The van der Waals surface area contributed by atoms with E-state index in [-0.39, 0.29) is 0 Å². The van der Waals surface area contributed by atoms with Crippen molar-refractivity contribution in [2.75, 3.05) is 12.8 Å². The van der Waals surface area contributed by atoms with E-state index in [9.17, 15) is 0 Å². The number of nitrogens with zero attached hydrogens (tertiary/aromatic N) is 3. The van der Waals surface area contributed by atoms with E-state index >= 15 is 0 Å². The highest BCUT2D eigenvalue weighted by Gasteiger charge is 2.12. The molecule has 4 aromatic rings. The van der Waals surface area contributed by atoms with Crippen LogP contribution in [0, 0.1) is 6.92 Å². The van der Waals surface area contributed by atoms with Crippen LogP contribution in [0.25, 0.3) is 21.9 Å². The molecule has 0 aliphatic rings. The van der Waals surface area contributed by atoms with Crippen LogP contribution >= 0.6 is 0 Å². The molecule has 2 aromatic carbocycles. The second-order valence-corrected chi connectivity index (χ2v) is 5.85. The maximum Gasteiger partial charge on any atom is 0.152 e. The van der Waals surface area contributed by atoms with Crippen molar-refractivity contribution in [2.45, 2.75) is 27.4 Å². The molecular weight excluding hydrogens is 336 g/mol. The Balaban J connectivity index is 0.000000203. The van der Waals surface area contributed by atoms with Gasteiger partial charge in [-0.3, -0.25) is 0 Å². The number of hydrogen-bond donors (Lipinski definition) is 1. The maximum absolute atomic E-state index is 5.92. The predicted octanol–water partition coefficient (Wildman–Crippen LogP) is 4.87. The average Bonchev–Trinajstić information content (AvgIpc) is 3.01. The number of imidazole rings is 1. The van der Waals surface area contributed by atoms with Crippen LogP contribution < -0.4 is 5.73 Å². The van der Waals surface area contributed by atoms with E-state index in [1.165, 1.54) is 5.56 Å². The summed E-state index contributed by atoms with van der Waals surface area (Å²) in [5.74, 6) is 1.44. The zero-order valence-electron chi connectivity index (χ0n) is 16.7. The Morgan fingerprint density at radius 3 is 2.26 bits per heavy atom. The molecule has 0 amide bonds. The fraction of sp³-hybridized carbons (Fsp3) is 0.273. The number of aryl methyl sites for hydroxylation is 2. The third-order valence-electron chi connectivity index (χ3n) is 4.12. The molecule has 0 fully saturated rings. The lowest BCUT2D eigenvalue weighted by atomic mass is 10.2. The first-order valence-electron chi connectivity index (χ1n) is 9.12. The lowest BCUT2D eigenvalue weighted by Gasteiger charge is -2.03. The molecule has 2 N–H and O–H groups in total.